The predicted molar refractivity (Wildman–Crippen MR) is 92.5 cm³/mol. The Hall–Kier alpha value is -2.40. The highest BCUT2D eigenvalue weighted by Crippen LogP contribution is 2.22. The third-order valence-corrected chi connectivity index (χ3v) is 4.10. The van der Waals surface area contributed by atoms with Gasteiger partial charge in [-0.25, -0.2) is 0 Å². The summed E-state index contributed by atoms with van der Waals surface area (Å²) in [4.78, 5) is 6.52. The van der Waals surface area contributed by atoms with Crippen molar-refractivity contribution in [3.8, 4) is 11.4 Å². The van der Waals surface area contributed by atoms with Crippen molar-refractivity contribution in [1.82, 2.24) is 15.0 Å². The van der Waals surface area contributed by atoms with E-state index >= 15 is 0 Å². The van der Waals surface area contributed by atoms with Crippen molar-refractivity contribution in [2.24, 2.45) is 0 Å². The maximum Gasteiger partial charge on any atom is 0.151 e. The molecule has 3 rings (SSSR count). The van der Waals surface area contributed by atoms with Crippen LogP contribution in [0.5, 0.6) is 0 Å². The summed E-state index contributed by atoms with van der Waals surface area (Å²) < 4.78 is 11.1. The molecule has 5 nitrogen and oxygen atoms in total. The molecule has 0 saturated carbocycles. The van der Waals surface area contributed by atoms with E-state index in [1.54, 1.807) is 6.20 Å². The van der Waals surface area contributed by atoms with E-state index in [-0.39, 0.29) is 0 Å². The van der Waals surface area contributed by atoms with Gasteiger partial charge in [0.05, 0.1) is 12.2 Å². The van der Waals surface area contributed by atoms with E-state index in [0.29, 0.717) is 5.92 Å². The smallest absolute Gasteiger partial charge is 0.151 e. The molecule has 0 bridgehead atoms. The molecular weight excluding hydrogens is 302 g/mol. The lowest BCUT2D eigenvalue weighted by molar-refractivity contribution is 0.262. The Balaban J connectivity index is 1.52. The molecule has 24 heavy (non-hydrogen) atoms. The van der Waals surface area contributed by atoms with Gasteiger partial charge in [-0.2, -0.15) is 0 Å². The average Bonchev–Trinajstić information content (AvgIpc) is 3.23. The van der Waals surface area contributed by atoms with Crippen molar-refractivity contribution in [2.45, 2.75) is 32.7 Å². The lowest BCUT2D eigenvalue weighted by Crippen LogP contribution is -2.20. The Morgan fingerprint density at radius 3 is 2.75 bits per heavy atom. The number of furan rings is 1. The van der Waals surface area contributed by atoms with Crippen LogP contribution in [0.15, 0.2) is 51.5 Å². The molecule has 3 heterocycles. The van der Waals surface area contributed by atoms with E-state index in [1.165, 1.54) is 0 Å². The largest absolute Gasteiger partial charge is 0.466 e. The minimum Gasteiger partial charge on any atom is -0.466 e. The van der Waals surface area contributed by atoms with Gasteiger partial charge in [0, 0.05) is 18.2 Å². The second-order valence-corrected chi connectivity index (χ2v) is 6.27. The monoisotopic (exact) mass is 325 g/mol. The third kappa shape index (κ3) is 4.11. The average molecular weight is 325 g/mol. The zero-order valence-electron chi connectivity index (χ0n) is 14.4. The fourth-order valence-electron chi connectivity index (χ4n) is 2.64. The van der Waals surface area contributed by atoms with Gasteiger partial charge in [-0.1, -0.05) is 18.1 Å². The molecule has 126 valence electrons. The van der Waals surface area contributed by atoms with Crippen molar-refractivity contribution < 1.29 is 8.94 Å². The number of rotatable bonds is 7. The lowest BCUT2D eigenvalue weighted by atomic mass is 10.1. The molecule has 0 fully saturated rings. The summed E-state index contributed by atoms with van der Waals surface area (Å²) in [7, 11) is 2.09. The fraction of sp³-hybridized carbons (Fsp3) is 0.368. The third-order valence-electron chi connectivity index (χ3n) is 4.10. The van der Waals surface area contributed by atoms with Crippen molar-refractivity contribution >= 4 is 0 Å². The first kappa shape index (κ1) is 16.5. The normalized spacial score (nSPS) is 12.7. The first-order chi connectivity index (χ1) is 11.6. The van der Waals surface area contributed by atoms with Gasteiger partial charge in [-0.05, 0) is 51.2 Å². The predicted octanol–water partition coefficient (Wildman–Crippen LogP) is 4.26. The van der Waals surface area contributed by atoms with Crippen molar-refractivity contribution in [2.75, 3.05) is 13.6 Å². The molecule has 0 radical (unpaired) electrons. The summed E-state index contributed by atoms with van der Waals surface area (Å²) >= 11 is 0. The zero-order valence-corrected chi connectivity index (χ0v) is 14.4. The minimum atomic E-state index is 0.403. The molecule has 0 unspecified atom stereocenters. The lowest BCUT2D eigenvalue weighted by Gasteiger charge is -2.17. The van der Waals surface area contributed by atoms with Crippen molar-refractivity contribution in [3.63, 3.8) is 0 Å². The number of aromatic nitrogens is 2. The molecule has 0 aliphatic carbocycles. The van der Waals surface area contributed by atoms with Gasteiger partial charge >= 0.3 is 0 Å². The van der Waals surface area contributed by atoms with Gasteiger partial charge in [-0.3, -0.25) is 9.88 Å². The van der Waals surface area contributed by atoms with Crippen LogP contribution in [0.25, 0.3) is 11.4 Å². The van der Waals surface area contributed by atoms with E-state index < -0.39 is 0 Å². The molecule has 0 spiro atoms. The highest BCUT2D eigenvalue weighted by atomic mass is 16.5. The molecular formula is C19H23N3O2. The second-order valence-electron chi connectivity index (χ2n) is 6.27. The number of hydrogen-bond donors (Lipinski definition) is 0. The van der Waals surface area contributed by atoms with E-state index in [4.69, 9.17) is 8.94 Å². The molecule has 0 amide bonds. The molecule has 0 aliphatic rings. The van der Waals surface area contributed by atoms with Crippen LogP contribution in [0.4, 0.5) is 0 Å². The van der Waals surface area contributed by atoms with E-state index in [9.17, 15) is 0 Å². The number of aryl methyl sites for hydroxylation is 1. The zero-order chi connectivity index (χ0) is 16.9. The quantitative estimate of drug-likeness (QED) is 0.649. The standard InChI is InChI=1S/C19H23N3O2/c1-14(19-8-7-15(2)23-19)9-11-22(3)13-16-12-18(21-24-16)17-6-4-5-10-20-17/h4-8,10,12,14H,9,11,13H2,1-3H3/t14-/m1/s1. The molecule has 3 aromatic heterocycles. The molecule has 1 atom stereocenters. The summed E-state index contributed by atoms with van der Waals surface area (Å²) in [5.74, 6) is 3.27. The van der Waals surface area contributed by atoms with Gasteiger partial charge < -0.3 is 8.94 Å². The molecule has 0 aromatic carbocycles. The Morgan fingerprint density at radius 2 is 2.04 bits per heavy atom. The van der Waals surface area contributed by atoms with Crippen LogP contribution in [0.1, 0.15) is 36.5 Å². The van der Waals surface area contributed by atoms with E-state index in [1.807, 2.05) is 37.3 Å². The maximum atomic E-state index is 5.69. The Kier molecular flexibility index (Phi) is 5.11. The Labute approximate surface area is 142 Å². The van der Waals surface area contributed by atoms with Gasteiger partial charge in [0.2, 0.25) is 0 Å². The van der Waals surface area contributed by atoms with Gasteiger partial charge in [0.15, 0.2) is 5.76 Å². The van der Waals surface area contributed by atoms with Crippen LogP contribution in [0, 0.1) is 6.92 Å². The van der Waals surface area contributed by atoms with Gasteiger partial charge in [-0.15, -0.1) is 0 Å². The van der Waals surface area contributed by atoms with Crippen LogP contribution >= 0.6 is 0 Å². The molecule has 0 saturated heterocycles. The first-order valence-corrected chi connectivity index (χ1v) is 8.23. The van der Waals surface area contributed by atoms with Crippen molar-refractivity contribution in [3.05, 3.63) is 59.9 Å². The highest BCUT2D eigenvalue weighted by molar-refractivity contribution is 5.52. The second kappa shape index (κ2) is 7.45. The van der Waals surface area contributed by atoms with Crippen LogP contribution in [-0.4, -0.2) is 28.6 Å². The fourth-order valence-corrected chi connectivity index (χ4v) is 2.64. The maximum absolute atomic E-state index is 5.69. The van der Waals surface area contributed by atoms with Crippen LogP contribution in [-0.2, 0) is 6.54 Å². The molecule has 5 heteroatoms. The van der Waals surface area contributed by atoms with E-state index in [0.717, 1.165) is 48.2 Å². The number of nitrogens with zero attached hydrogens (tertiary/aromatic N) is 3. The Morgan fingerprint density at radius 1 is 1.17 bits per heavy atom. The van der Waals surface area contributed by atoms with E-state index in [2.05, 4.69) is 35.1 Å². The SMILES string of the molecule is Cc1ccc([C@H](C)CCN(C)Cc2cc(-c3ccccn3)no2)o1. The summed E-state index contributed by atoms with van der Waals surface area (Å²) in [6, 6.07) is 11.8. The minimum absolute atomic E-state index is 0.403. The number of pyridine rings is 1. The topological polar surface area (TPSA) is 55.3 Å². The first-order valence-electron chi connectivity index (χ1n) is 8.23. The number of hydrogen-bond acceptors (Lipinski definition) is 5. The Bertz CT molecular complexity index is 764. The van der Waals surface area contributed by atoms with Gasteiger partial charge in [0.1, 0.15) is 17.2 Å². The molecule has 0 N–H and O–H groups in total. The molecule has 0 aliphatic heterocycles. The molecule has 3 aromatic rings. The summed E-state index contributed by atoms with van der Waals surface area (Å²) in [6.07, 6.45) is 2.79. The highest BCUT2D eigenvalue weighted by Gasteiger charge is 2.13. The van der Waals surface area contributed by atoms with Gasteiger partial charge in [0.25, 0.3) is 0 Å². The summed E-state index contributed by atoms with van der Waals surface area (Å²) in [5, 5.41) is 4.11. The van der Waals surface area contributed by atoms with Crippen LogP contribution < -0.4 is 0 Å². The summed E-state index contributed by atoms with van der Waals surface area (Å²) in [5.41, 5.74) is 1.61. The summed E-state index contributed by atoms with van der Waals surface area (Å²) in [6.45, 7) is 5.86. The van der Waals surface area contributed by atoms with Crippen LogP contribution in [0.2, 0.25) is 0 Å². The van der Waals surface area contributed by atoms with Crippen LogP contribution in [0.3, 0.4) is 0 Å². The van der Waals surface area contributed by atoms with Crippen molar-refractivity contribution in [1.29, 1.82) is 0 Å².